The largest absolute Gasteiger partial charge is 0.508 e. The normalized spacial score (nSPS) is 24.9. The standard InChI is InChI=1S/C21H20O11.C6H14N4O2/c22-9-3-1-8(2-4-9)13-7-12(24)15-11(23)5-10(6-14(15)31-13)30-21-18(27)16(25)17(26)19(32-21)20(28)29;7-4(5(11)12)2-1-3-10-6(8)9/h1-6,13,16-19,21-23,25-27H,7H2,(H,28,29);4H,1-3,7H2,(H,11,12)(H4,8,9,10)/t13?,16-,17-,18+,19-,21+;/m0./s1. The van der Waals surface area contributed by atoms with Crippen molar-refractivity contribution < 1.29 is 64.3 Å². The number of fused-ring (bicyclic) bond motifs is 1. The number of aliphatic imine (C=N–C) groups is 1. The summed E-state index contributed by atoms with van der Waals surface area (Å²) in [5.41, 5.74) is 15.9. The van der Waals surface area contributed by atoms with Crippen molar-refractivity contribution in [2.75, 3.05) is 6.54 Å². The maximum atomic E-state index is 12.6. The van der Waals surface area contributed by atoms with Crippen molar-refractivity contribution in [3.8, 4) is 23.0 Å². The number of rotatable bonds is 9. The number of carbonyl (C=O) groups is 3. The van der Waals surface area contributed by atoms with Gasteiger partial charge >= 0.3 is 11.9 Å². The molecule has 0 bridgehead atoms. The fourth-order valence-corrected chi connectivity index (χ4v) is 4.28. The Hall–Kier alpha value is -4.68. The van der Waals surface area contributed by atoms with Crippen LogP contribution in [0.4, 0.5) is 0 Å². The van der Waals surface area contributed by atoms with E-state index in [1.807, 2.05) is 0 Å². The zero-order valence-electron chi connectivity index (χ0n) is 23.1. The van der Waals surface area contributed by atoms with Gasteiger partial charge in [0.1, 0.15) is 59.0 Å². The fraction of sp³-hybridized carbons (Fsp3) is 0.407. The van der Waals surface area contributed by atoms with E-state index in [4.69, 9.17) is 41.6 Å². The number of ether oxygens (including phenoxy) is 3. The van der Waals surface area contributed by atoms with Crippen molar-refractivity contribution in [3.63, 3.8) is 0 Å². The van der Waals surface area contributed by atoms with Gasteiger partial charge in [0.25, 0.3) is 0 Å². The highest BCUT2D eigenvalue weighted by Gasteiger charge is 2.48. The second kappa shape index (κ2) is 14.7. The monoisotopic (exact) mass is 622 g/mol. The topological polar surface area (TPSA) is 311 Å². The average molecular weight is 623 g/mol. The Morgan fingerprint density at radius 2 is 1.68 bits per heavy atom. The Bertz CT molecular complexity index is 1370. The molecule has 4 rings (SSSR count). The molecule has 13 N–H and O–H groups in total. The molecule has 1 saturated heterocycles. The summed E-state index contributed by atoms with van der Waals surface area (Å²) in [6.45, 7) is 0.420. The van der Waals surface area contributed by atoms with Gasteiger partial charge in [-0.25, -0.2) is 4.79 Å². The third-order valence-electron chi connectivity index (χ3n) is 6.59. The zero-order chi connectivity index (χ0) is 32.7. The van der Waals surface area contributed by atoms with Crippen LogP contribution in [0.2, 0.25) is 0 Å². The van der Waals surface area contributed by atoms with E-state index in [9.17, 15) is 39.9 Å². The molecule has 2 aromatic rings. The number of Topliss-reactive ketones (excluding diaryl/α,β-unsaturated/α-hetero) is 1. The molecule has 17 nitrogen and oxygen atoms in total. The van der Waals surface area contributed by atoms with Gasteiger partial charge in [-0.3, -0.25) is 14.6 Å². The number of ketones is 1. The van der Waals surface area contributed by atoms with Crippen LogP contribution in [0.15, 0.2) is 41.4 Å². The number of hydrogen-bond donors (Lipinski definition) is 10. The summed E-state index contributed by atoms with van der Waals surface area (Å²) in [7, 11) is 0. The highest BCUT2D eigenvalue weighted by molar-refractivity contribution is 6.02. The van der Waals surface area contributed by atoms with E-state index in [-0.39, 0.29) is 35.2 Å². The maximum Gasteiger partial charge on any atom is 0.335 e. The molecule has 0 radical (unpaired) electrons. The molecule has 0 saturated carbocycles. The minimum Gasteiger partial charge on any atom is -0.508 e. The lowest BCUT2D eigenvalue weighted by molar-refractivity contribution is -0.271. The molecule has 2 unspecified atom stereocenters. The lowest BCUT2D eigenvalue weighted by Gasteiger charge is -2.38. The SMILES string of the molecule is NC(N)=NCCCC(N)C(=O)O.O=C1CC(c2ccc(O)cc2)Oc2cc(O[C@@H]3O[C@H](C(=O)O)[C@@H](O)[C@H](O)[C@H]3O)cc(O)c21. The van der Waals surface area contributed by atoms with Crippen molar-refractivity contribution in [2.45, 2.75) is 62.1 Å². The third kappa shape index (κ3) is 8.45. The van der Waals surface area contributed by atoms with Gasteiger partial charge in [0.15, 0.2) is 17.8 Å². The van der Waals surface area contributed by atoms with Crippen LogP contribution >= 0.6 is 0 Å². The molecular weight excluding hydrogens is 588 g/mol. The number of carboxylic acid groups (broad SMARTS) is 2. The van der Waals surface area contributed by atoms with Gasteiger partial charge in [-0.2, -0.15) is 0 Å². The Kier molecular flexibility index (Phi) is 11.3. The van der Waals surface area contributed by atoms with Crippen molar-refractivity contribution in [1.29, 1.82) is 0 Å². The van der Waals surface area contributed by atoms with Gasteiger partial charge in [-0.05, 0) is 30.5 Å². The molecule has 44 heavy (non-hydrogen) atoms. The summed E-state index contributed by atoms with van der Waals surface area (Å²) in [6.07, 6.45) is -8.90. The number of aliphatic hydroxyl groups excluding tert-OH is 3. The minimum atomic E-state index is -1.88. The molecule has 0 amide bonds. The van der Waals surface area contributed by atoms with E-state index in [1.165, 1.54) is 18.2 Å². The number of benzene rings is 2. The summed E-state index contributed by atoms with van der Waals surface area (Å²) < 4.78 is 16.3. The van der Waals surface area contributed by atoms with Gasteiger partial charge < -0.3 is 67.2 Å². The molecule has 2 aliphatic rings. The molecule has 17 heteroatoms. The van der Waals surface area contributed by atoms with Crippen LogP contribution in [-0.4, -0.2) is 103 Å². The van der Waals surface area contributed by atoms with E-state index in [0.717, 1.165) is 6.07 Å². The van der Waals surface area contributed by atoms with Crippen LogP contribution in [0.1, 0.15) is 41.3 Å². The van der Waals surface area contributed by atoms with Crippen LogP contribution in [0.3, 0.4) is 0 Å². The van der Waals surface area contributed by atoms with E-state index < -0.39 is 66.3 Å². The molecule has 7 atom stereocenters. The Morgan fingerprint density at radius 1 is 1.02 bits per heavy atom. The van der Waals surface area contributed by atoms with Gasteiger partial charge in [0.2, 0.25) is 6.29 Å². The number of aliphatic hydroxyl groups is 3. The van der Waals surface area contributed by atoms with Crippen molar-refractivity contribution >= 4 is 23.7 Å². The second-order valence-electron chi connectivity index (χ2n) is 9.89. The predicted molar refractivity (Wildman–Crippen MR) is 149 cm³/mol. The summed E-state index contributed by atoms with van der Waals surface area (Å²) in [6, 6.07) is 7.55. The van der Waals surface area contributed by atoms with Crippen LogP contribution in [0.25, 0.3) is 0 Å². The Labute approximate surface area is 249 Å². The Balaban J connectivity index is 0.000000375. The first-order valence-corrected chi connectivity index (χ1v) is 13.2. The number of nitrogens with zero attached hydrogens (tertiary/aromatic N) is 1. The molecule has 240 valence electrons. The highest BCUT2D eigenvalue weighted by Crippen LogP contribution is 2.42. The summed E-state index contributed by atoms with van der Waals surface area (Å²) in [5.74, 6) is -3.54. The molecule has 0 aliphatic carbocycles. The van der Waals surface area contributed by atoms with E-state index in [1.54, 1.807) is 12.1 Å². The summed E-state index contributed by atoms with van der Waals surface area (Å²) in [5, 5.41) is 67.1. The number of aliphatic carboxylic acids is 2. The molecule has 1 fully saturated rings. The maximum absolute atomic E-state index is 12.6. The molecule has 2 aromatic carbocycles. The quantitative estimate of drug-likeness (QED) is 0.0866. The van der Waals surface area contributed by atoms with Crippen molar-refractivity contribution in [2.24, 2.45) is 22.2 Å². The lowest BCUT2D eigenvalue weighted by atomic mass is 9.95. The van der Waals surface area contributed by atoms with Gasteiger partial charge in [-0.15, -0.1) is 0 Å². The molecule has 2 aliphatic heterocycles. The number of guanidine groups is 1. The van der Waals surface area contributed by atoms with Crippen LogP contribution in [0.5, 0.6) is 23.0 Å². The number of aromatic hydroxyl groups is 2. The molecule has 0 aromatic heterocycles. The van der Waals surface area contributed by atoms with E-state index >= 15 is 0 Å². The highest BCUT2D eigenvalue weighted by atomic mass is 16.7. The van der Waals surface area contributed by atoms with E-state index in [0.29, 0.717) is 24.9 Å². The molecule has 2 heterocycles. The van der Waals surface area contributed by atoms with Crippen LogP contribution in [0, 0.1) is 0 Å². The first-order valence-electron chi connectivity index (χ1n) is 13.2. The Morgan fingerprint density at radius 3 is 2.27 bits per heavy atom. The van der Waals surface area contributed by atoms with E-state index in [2.05, 4.69) is 4.99 Å². The summed E-state index contributed by atoms with van der Waals surface area (Å²) >= 11 is 0. The molecular formula is C27H34N4O13. The lowest BCUT2D eigenvalue weighted by Crippen LogP contribution is -2.61. The van der Waals surface area contributed by atoms with Gasteiger partial charge in [-0.1, -0.05) is 12.1 Å². The van der Waals surface area contributed by atoms with Crippen LogP contribution < -0.4 is 26.7 Å². The number of phenols is 2. The minimum absolute atomic E-state index is 0.0129. The number of nitrogens with two attached hydrogens (primary N) is 3. The number of carboxylic acids is 2. The van der Waals surface area contributed by atoms with Crippen molar-refractivity contribution in [3.05, 3.63) is 47.5 Å². The number of hydrogen-bond acceptors (Lipinski definition) is 13. The smallest absolute Gasteiger partial charge is 0.335 e. The fourth-order valence-electron chi connectivity index (χ4n) is 4.28. The average Bonchev–Trinajstić information content (AvgIpc) is 2.95. The van der Waals surface area contributed by atoms with Crippen LogP contribution in [-0.2, 0) is 14.3 Å². The first-order chi connectivity index (χ1) is 20.7. The second-order valence-corrected chi connectivity index (χ2v) is 9.89. The van der Waals surface area contributed by atoms with Gasteiger partial charge in [0.05, 0.1) is 6.42 Å². The zero-order valence-corrected chi connectivity index (χ0v) is 23.1. The number of phenolic OH excluding ortho intramolecular Hbond substituents is 2. The van der Waals surface area contributed by atoms with Gasteiger partial charge in [0, 0.05) is 18.7 Å². The number of carbonyl (C=O) groups excluding carboxylic acids is 1. The third-order valence-corrected chi connectivity index (χ3v) is 6.59. The van der Waals surface area contributed by atoms with Crippen molar-refractivity contribution in [1.82, 2.24) is 0 Å². The predicted octanol–water partition coefficient (Wildman–Crippen LogP) is -1.47. The first kappa shape index (κ1) is 33.8. The molecule has 0 spiro atoms. The summed E-state index contributed by atoms with van der Waals surface area (Å²) in [4.78, 5) is 37.7.